The van der Waals surface area contributed by atoms with Crippen molar-refractivity contribution in [2.45, 2.75) is 37.6 Å². The smallest absolute Gasteiger partial charge is 0.325 e. The van der Waals surface area contributed by atoms with Gasteiger partial charge < -0.3 is 16.2 Å². The quantitative estimate of drug-likeness (QED) is 0.607. The normalized spacial score (nSPS) is 32.1. The van der Waals surface area contributed by atoms with Crippen molar-refractivity contribution < 1.29 is 14.7 Å². The molecule has 1 spiro atoms. The Morgan fingerprint density at radius 1 is 1.44 bits per heavy atom. The fourth-order valence-electron chi connectivity index (χ4n) is 3.09. The van der Waals surface area contributed by atoms with Crippen molar-refractivity contribution in [2.75, 3.05) is 19.7 Å². The van der Waals surface area contributed by atoms with E-state index < -0.39 is 5.54 Å². The van der Waals surface area contributed by atoms with E-state index in [0.29, 0.717) is 19.4 Å². The van der Waals surface area contributed by atoms with Gasteiger partial charge in [0.1, 0.15) is 5.54 Å². The van der Waals surface area contributed by atoms with Crippen molar-refractivity contribution >= 4 is 11.9 Å². The van der Waals surface area contributed by atoms with E-state index in [1.165, 1.54) is 4.90 Å². The molecule has 1 heterocycles. The van der Waals surface area contributed by atoms with Crippen molar-refractivity contribution in [3.63, 3.8) is 0 Å². The summed E-state index contributed by atoms with van der Waals surface area (Å²) in [5.41, 5.74) is 4.97. The largest absolute Gasteiger partial charge is 0.396 e. The second-order valence-corrected chi connectivity index (χ2v) is 5.11. The van der Waals surface area contributed by atoms with Gasteiger partial charge in [0.15, 0.2) is 0 Å². The number of amides is 3. The number of carbonyl (C=O) groups excluding carboxylic acids is 2. The zero-order chi connectivity index (χ0) is 13.2. The Balaban J connectivity index is 2.18. The van der Waals surface area contributed by atoms with Crippen LogP contribution in [0.5, 0.6) is 0 Å². The SMILES string of the molecule is NCC1CCCCC12NC(=O)N(CCCO)C2=O. The van der Waals surface area contributed by atoms with Gasteiger partial charge in [-0.15, -0.1) is 0 Å². The predicted molar refractivity (Wildman–Crippen MR) is 65.7 cm³/mol. The molecule has 1 aliphatic carbocycles. The number of aliphatic hydroxyl groups is 1. The number of imide groups is 1. The zero-order valence-electron chi connectivity index (χ0n) is 10.5. The fourth-order valence-corrected chi connectivity index (χ4v) is 3.09. The summed E-state index contributed by atoms with van der Waals surface area (Å²) >= 11 is 0. The highest BCUT2D eigenvalue weighted by Gasteiger charge is 2.55. The summed E-state index contributed by atoms with van der Waals surface area (Å²) in [5, 5.41) is 11.7. The van der Waals surface area contributed by atoms with Crippen molar-refractivity contribution in [2.24, 2.45) is 11.7 Å². The zero-order valence-corrected chi connectivity index (χ0v) is 10.5. The maximum Gasteiger partial charge on any atom is 0.325 e. The maximum absolute atomic E-state index is 12.5. The molecule has 1 aliphatic heterocycles. The number of nitrogens with zero attached hydrogens (tertiary/aromatic N) is 1. The number of nitrogens with two attached hydrogens (primary N) is 1. The highest BCUT2D eigenvalue weighted by atomic mass is 16.3. The van der Waals surface area contributed by atoms with Gasteiger partial charge in [0.05, 0.1) is 0 Å². The minimum absolute atomic E-state index is 0.0234. The molecule has 2 atom stereocenters. The fraction of sp³-hybridized carbons (Fsp3) is 0.833. The number of aliphatic hydroxyl groups excluding tert-OH is 1. The molecule has 6 nitrogen and oxygen atoms in total. The van der Waals surface area contributed by atoms with Gasteiger partial charge in [-0.1, -0.05) is 12.8 Å². The average molecular weight is 255 g/mol. The highest BCUT2D eigenvalue weighted by molar-refractivity contribution is 6.07. The Labute approximate surface area is 107 Å². The average Bonchev–Trinajstić information content (AvgIpc) is 2.60. The molecule has 2 unspecified atom stereocenters. The van der Waals surface area contributed by atoms with Gasteiger partial charge in [-0.3, -0.25) is 9.69 Å². The van der Waals surface area contributed by atoms with Gasteiger partial charge >= 0.3 is 6.03 Å². The first-order valence-corrected chi connectivity index (χ1v) is 6.60. The molecule has 0 aromatic heterocycles. The summed E-state index contributed by atoms with van der Waals surface area (Å²) in [6.07, 6.45) is 3.98. The van der Waals surface area contributed by atoms with Crippen LogP contribution in [0.1, 0.15) is 32.1 Å². The van der Waals surface area contributed by atoms with Crippen molar-refractivity contribution in [3.05, 3.63) is 0 Å². The van der Waals surface area contributed by atoms with Crippen LogP contribution < -0.4 is 11.1 Å². The van der Waals surface area contributed by atoms with Gasteiger partial charge in [-0.25, -0.2) is 4.79 Å². The molecule has 2 aliphatic rings. The second-order valence-electron chi connectivity index (χ2n) is 5.11. The molecule has 0 bridgehead atoms. The van der Waals surface area contributed by atoms with Gasteiger partial charge in [0.2, 0.25) is 0 Å². The van der Waals surface area contributed by atoms with Crippen molar-refractivity contribution in [1.29, 1.82) is 0 Å². The molecule has 3 amide bonds. The number of carbonyl (C=O) groups is 2. The molecule has 6 heteroatoms. The van der Waals surface area contributed by atoms with E-state index in [0.717, 1.165) is 19.3 Å². The third-order valence-corrected chi connectivity index (χ3v) is 4.10. The Hall–Kier alpha value is -1.14. The third kappa shape index (κ3) is 1.99. The molecule has 18 heavy (non-hydrogen) atoms. The molecule has 0 aromatic carbocycles. The van der Waals surface area contributed by atoms with Crippen molar-refractivity contribution in [1.82, 2.24) is 10.2 Å². The lowest BCUT2D eigenvalue weighted by Crippen LogP contribution is -2.57. The van der Waals surface area contributed by atoms with Gasteiger partial charge in [-0.05, 0) is 25.8 Å². The van der Waals surface area contributed by atoms with Crippen LogP contribution in [0, 0.1) is 5.92 Å². The van der Waals surface area contributed by atoms with Crippen LogP contribution in [0.4, 0.5) is 4.79 Å². The molecule has 1 saturated carbocycles. The van der Waals surface area contributed by atoms with Crippen LogP contribution in [0.25, 0.3) is 0 Å². The van der Waals surface area contributed by atoms with Crippen LogP contribution >= 0.6 is 0 Å². The Morgan fingerprint density at radius 3 is 2.89 bits per heavy atom. The summed E-state index contributed by atoms with van der Waals surface area (Å²) in [6, 6.07) is -0.339. The molecule has 0 radical (unpaired) electrons. The van der Waals surface area contributed by atoms with E-state index in [1.807, 2.05) is 0 Å². The summed E-state index contributed by atoms with van der Waals surface area (Å²) in [5.74, 6) is -0.127. The molecular weight excluding hydrogens is 234 g/mol. The van der Waals surface area contributed by atoms with Crippen LogP contribution in [0.15, 0.2) is 0 Å². The van der Waals surface area contributed by atoms with Crippen LogP contribution in [0.3, 0.4) is 0 Å². The van der Waals surface area contributed by atoms with E-state index in [4.69, 9.17) is 10.8 Å². The van der Waals surface area contributed by atoms with Crippen LogP contribution in [0.2, 0.25) is 0 Å². The summed E-state index contributed by atoms with van der Waals surface area (Å²) in [7, 11) is 0. The first-order valence-electron chi connectivity index (χ1n) is 6.60. The molecule has 0 aromatic rings. The Kier molecular flexibility index (Phi) is 3.87. The van der Waals surface area contributed by atoms with Crippen molar-refractivity contribution in [3.8, 4) is 0 Å². The molecule has 4 N–H and O–H groups in total. The van der Waals surface area contributed by atoms with E-state index in [1.54, 1.807) is 0 Å². The second kappa shape index (κ2) is 5.24. The van der Waals surface area contributed by atoms with Gasteiger partial charge in [-0.2, -0.15) is 0 Å². The Morgan fingerprint density at radius 2 is 2.22 bits per heavy atom. The number of urea groups is 1. The van der Waals surface area contributed by atoms with Gasteiger partial charge in [0.25, 0.3) is 5.91 Å². The molecule has 102 valence electrons. The lowest BCUT2D eigenvalue weighted by atomic mass is 9.72. The summed E-state index contributed by atoms with van der Waals surface area (Å²) < 4.78 is 0. The number of rotatable bonds is 4. The lowest BCUT2D eigenvalue weighted by molar-refractivity contribution is -0.134. The van der Waals surface area contributed by atoms with E-state index in [-0.39, 0.29) is 31.0 Å². The first-order chi connectivity index (χ1) is 8.65. The predicted octanol–water partition coefficient (Wildman–Crippen LogP) is -0.192. The molecular formula is C12H21N3O3. The summed E-state index contributed by atoms with van der Waals surface area (Å²) in [6.45, 7) is 0.671. The maximum atomic E-state index is 12.5. The van der Waals surface area contributed by atoms with Crippen LogP contribution in [-0.4, -0.2) is 47.2 Å². The number of nitrogens with one attached hydrogen (secondary N) is 1. The van der Waals surface area contributed by atoms with E-state index >= 15 is 0 Å². The molecule has 2 fully saturated rings. The standard InChI is InChI=1S/C12H21N3O3/c13-8-9-4-1-2-5-12(9)10(17)15(6-3-7-16)11(18)14-12/h9,16H,1-8,13H2,(H,14,18). The minimum Gasteiger partial charge on any atom is -0.396 e. The summed E-state index contributed by atoms with van der Waals surface area (Å²) in [4.78, 5) is 25.6. The number of hydrogen-bond acceptors (Lipinski definition) is 4. The number of hydrogen-bond donors (Lipinski definition) is 3. The third-order valence-electron chi connectivity index (χ3n) is 4.10. The minimum atomic E-state index is -0.778. The highest BCUT2D eigenvalue weighted by Crippen LogP contribution is 2.37. The molecule has 1 saturated heterocycles. The lowest BCUT2D eigenvalue weighted by Gasteiger charge is -2.38. The topological polar surface area (TPSA) is 95.7 Å². The molecule has 2 rings (SSSR count). The van der Waals surface area contributed by atoms with Crippen LogP contribution in [-0.2, 0) is 4.79 Å². The Bertz CT molecular complexity index is 347. The van der Waals surface area contributed by atoms with E-state index in [2.05, 4.69) is 5.32 Å². The first kappa shape index (κ1) is 13.3. The van der Waals surface area contributed by atoms with E-state index in [9.17, 15) is 9.59 Å². The van der Waals surface area contributed by atoms with Gasteiger partial charge in [0, 0.05) is 19.1 Å². The monoisotopic (exact) mass is 255 g/mol.